The van der Waals surface area contributed by atoms with Crippen molar-refractivity contribution in [1.29, 1.82) is 0 Å². The largest absolute Gasteiger partial charge is 0.345 e. The van der Waals surface area contributed by atoms with Gasteiger partial charge in [-0.15, -0.1) is 10.2 Å². The van der Waals surface area contributed by atoms with Crippen molar-refractivity contribution in [1.82, 2.24) is 20.1 Å². The number of benzene rings is 3. The molecule has 0 saturated heterocycles. The van der Waals surface area contributed by atoms with Crippen LogP contribution in [0.3, 0.4) is 0 Å². The Bertz CT molecular complexity index is 1250. The van der Waals surface area contributed by atoms with Crippen LogP contribution in [0.4, 0.5) is 0 Å². The van der Waals surface area contributed by atoms with E-state index >= 15 is 0 Å². The third-order valence-electron chi connectivity index (χ3n) is 4.59. The zero-order chi connectivity index (χ0) is 22.5. The SMILES string of the molecule is O=C(NCc1nnc(SCc2ccccc2)n1-c1ccc(Cl)cc1Cl)c1ccccc1Br. The van der Waals surface area contributed by atoms with Crippen molar-refractivity contribution < 1.29 is 4.79 Å². The maximum Gasteiger partial charge on any atom is 0.252 e. The fourth-order valence-corrected chi connectivity index (χ4v) is 4.91. The van der Waals surface area contributed by atoms with Crippen LogP contribution in [0.5, 0.6) is 0 Å². The molecule has 1 amide bonds. The van der Waals surface area contributed by atoms with Crippen LogP contribution in [-0.2, 0) is 12.3 Å². The fraction of sp³-hybridized carbons (Fsp3) is 0.0870. The molecule has 0 radical (unpaired) electrons. The summed E-state index contributed by atoms with van der Waals surface area (Å²) >= 11 is 17.5. The minimum Gasteiger partial charge on any atom is -0.345 e. The number of carbonyl (C=O) groups is 1. The maximum atomic E-state index is 12.7. The Balaban J connectivity index is 1.62. The zero-order valence-corrected chi connectivity index (χ0v) is 20.5. The monoisotopic (exact) mass is 546 g/mol. The average molecular weight is 548 g/mol. The summed E-state index contributed by atoms with van der Waals surface area (Å²) in [7, 11) is 0. The van der Waals surface area contributed by atoms with Gasteiger partial charge in [0.05, 0.1) is 22.8 Å². The number of hydrogen-bond donors (Lipinski definition) is 1. The Kier molecular flexibility index (Phi) is 7.52. The molecule has 0 atom stereocenters. The number of aromatic nitrogens is 3. The Morgan fingerprint density at radius 1 is 1.00 bits per heavy atom. The number of amides is 1. The Morgan fingerprint density at radius 3 is 2.50 bits per heavy atom. The number of halogens is 3. The van der Waals surface area contributed by atoms with Crippen LogP contribution < -0.4 is 5.32 Å². The van der Waals surface area contributed by atoms with E-state index in [0.717, 1.165) is 10.0 Å². The van der Waals surface area contributed by atoms with Gasteiger partial charge < -0.3 is 5.32 Å². The lowest BCUT2D eigenvalue weighted by molar-refractivity contribution is 0.0949. The fourth-order valence-electron chi connectivity index (χ4n) is 3.03. The van der Waals surface area contributed by atoms with Crippen LogP contribution in [0.1, 0.15) is 21.7 Å². The predicted octanol–water partition coefficient (Wildman–Crippen LogP) is 6.56. The van der Waals surface area contributed by atoms with Gasteiger partial charge >= 0.3 is 0 Å². The standard InChI is InChI=1S/C23H17BrCl2N4OS/c24-18-9-5-4-8-17(18)22(31)27-13-21-28-29-23(32-14-15-6-2-1-3-7-15)30(21)20-11-10-16(25)12-19(20)26/h1-12H,13-14H2,(H,27,31). The van der Waals surface area contributed by atoms with Crippen LogP contribution in [0.25, 0.3) is 5.69 Å². The molecule has 0 bridgehead atoms. The average Bonchev–Trinajstić information content (AvgIpc) is 3.19. The van der Waals surface area contributed by atoms with E-state index < -0.39 is 0 Å². The lowest BCUT2D eigenvalue weighted by Gasteiger charge is -2.13. The second-order valence-corrected chi connectivity index (χ2v) is 9.41. The molecule has 0 saturated carbocycles. The van der Waals surface area contributed by atoms with Crippen molar-refractivity contribution in [3.8, 4) is 5.69 Å². The second-order valence-electron chi connectivity index (χ2n) is 6.77. The first-order chi connectivity index (χ1) is 15.5. The van der Waals surface area contributed by atoms with Gasteiger partial charge in [0.1, 0.15) is 0 Å². The summed E-state index contributed by atoms with van der Waals surface area (Å²) in [5.41, 5.74) is 2.40. The van der Waals surface area contributed by atoms with E-state index in [1.54, 1.807) is 18.2 Å². The van der Waals surface area contributed by atoms with Crippen molar-refractivity contribution in [3.63, 3.8) is 0 Å². The summed E-state index contributed by atoms with van der Waals surface area (Å²) in [6.45, 7) is 0.179. The minimum absolute atomic E-state index is 0.179. The molecule has 0 unspecified atom stereocenters. The molecule has 1 aromatic heterocycles. The first kappa shape index (κ1) is 22.9. The van der Waals surface area contributed by atoms with Gasteiger partial charge in [0, 0.05) is 15.2 Å². The molecular formula is C23H17BrCl2N4OS. The molecule has 0 aliphatic carbocycles. The van der Waals surface area contributed by atoms with Gasteiger partial charge in [-0.05, 0) is 51.8 Å². The van der Waals surface area contributed by atoms with Crippen molar-refractivity contribution in [2.24, 2.45) is 0 Å². The molecule has 0 aliphatic heterocycles. The summed E-state index contributed by atoms with van der Waals surface area (Å²) in [6.07, 6.45) is 0. The van der Waals surface area contributed by atoms with Gasteiger partial charge in [-0.2, -0.15) is 0 Å². The summed E-state index contributed by atoms with van der Waals surface area (Å²) in [5.74, 6) is 1.06. The third kappa shape index (κ3) is 5.35. The number of hydrogen-bond acceptors (Lipinski definition) is 4. The van der Waals surface area contributed by atoms with Gasteiger partial charge in [-0.1, -0.05) is 77.4 Å². The van der Waals surface area contributed by atoms with Crippen molar-refractivity contribution in [2.45, 2.75) is 17.5 Å². The van der Waals surface area contributed by atoms with Crippen LogP contribution in [0, 0.1) is 0 Å². The Labute approximate surface area is 208 Å². The van der Waals surface area contributed by atoms with E-state index in [0.29, 0.717) is 38.0 Å². The van der Waals surface area contributed by atoms with E-state index in [2.05, 4.69) is 43.6 Å². The molecule has 162 valence electrons. The molecule has 9 heteroatoms. The zero-order valence-electron chi connectivity index (χ0n) is 16.6. The summed E-state index contributed by atoms with van der Waals surface area (Å²) in [4.78, 5) is 12.7. The number of rotatable bonds is 7. The molecule has 1 heterocycles. The smallest absolute Gasteiger partial charge is 0.252 e. The van der Waals surface area contributed by atoms with Crippen molar-refractivity contribution >= 4 is 56.8 Å². The molecule has 4 rings (SSSR count). The van der Waals surface area contributed by atoms with Gasteiger partial charge in [0.25, 0.3) is 5.91 Å². The molecule has 3 aromatic carbocycles. The molecule has 0 aliphatic rings. The third-order valence-corrected chi connectivity index (χ3v) is 6.82. The molecule has 5 nitrogen and oxygen atoms in total. The molecule has 32 heavy (non-hydrogen) atoms. The summed E-state index contributed by atoms with van der Waals surface area (Å²) in [5, 5.41) is 13.3. The molecule has 0 fully saturated rings. The highest BCUT2D eigenvalue weighted by Crippen LogP contribution is 2.30. The van der Waals surface area contributed by atoms with Crippen molar-refractivity contribution in [2.75, 3.05) is 0 Å². The van der Waals surface area contributed by atoms with Crippen LogP contribution in [-0.4, -0.2) is 20.7 Å². The molecule has 0 spiro atoms. The van der Waals surface area contributed by atoms with E-state index in [1.807, 2.05) is 47.0 Å². The van der Waals surface area contributed by atoms with E-state index in [4.69, 9.17) is 23.2 Å². The Hall–Kier alpha value is -2.32. The van der Waals surface area contributed by atoms with Crippen LogP contribution in [0.15, 0.2) is 82.4 Å². The number of thioether (sulfide) groups is 1. The van der Waals surface area contributed by atoms with Crippen LogP contribution in [0.2, 0.25) is 10.0 Å². The normalized spacial score (nSPS) is 10.8. The highest BCUT2D eigenvalue weighted by atomic mass is 79.9. The number of carbonyl (C=O) groups excluding carboxylic acids is 1. The van der Waals surface area contributed by atoms with E-state index in [1.165, 1.54) is 11.8 Å². The highest BCUT2D eigenvalue weighted by Gasteiger charge is 2.18. The van der Waals surface area contributed by atoms with Gasteiger partial charge in [0.2, 0.25) is 0 Å². The quantitative estimate of drug-likeness (QED) is 0.266. The second kappa shape index (κ2) is 10.5. The number of nitrogens with zero attached hydrogens (tertiary/aromatic N) is 3. The highest BCUT2D eigenvalue weighted by molar-refractivity contribution is 9.10. The minimum atomic E-state index is -0.215. The van der Waals surface area contributed by atoms with Gasteiger partial charge in [-0.3, -0.25) is 9.36 Å². The van der Waals surface area contributed by atoms with E-state index in [9.17, 15) is 4.79 Å². The molecule has 1 N–H and O–H groups in total. The summed E-state index contributed by atoms with van der Waals surface area (Å²) in [6, 6.07) is 22.6. The maximum absolute atomic E-state index is 12.7. The lowest BCUT2D eigenvalue weighted by Crippen LogP contribution is -2.25. The molecule has 4 aromatic rings. The summed E-state index contributed by atoms with van der Waals surface area (Å²) < 4.78 is 2.57. The topological polar surface area (TPSA) is 59.8 Å². The lowest BCUT2D eigenvalue weighted by atomic mass is 10.2. The van der Waals surface area contributed by atoms with Gasteiger partial charge in [0.15, 0.2) is 11.0 Å². The number of nitrogens with one attached hydrogen (secondary N) is 1. The van der Waals surface area contributed by atoms with Crippen molar-refractivity contribution in [3.05, 3.63) is 104 Å². The van der Waals surface area contributed by atoms with Gasteiger partial charge in [-0.25, -0.2) is 0 Å². The molecular weight excluding hydrogens is 531 g/mol. The first-order valence-corrected chi connectivity index (χ1v) is 12.2. The predicted molar refractivity (Wildman–Crippen MR) is 133 cm³/mol. The van der Waals surface area contributed by atoms with Crippen LogP contribution >= 0.6 is 50.9 Å². The van der Waals surface area contributed by atoms with E-state index in [-0.39, 0.29) is 12.5 Å². The Morgan fingerprint density at radius 2 is 1.75 bits per heavy atom. The first-order valence-electron chi connectivity index (χ1n) is 9.62.